The van der Waals surface area contributed by atoms with Crippen molar-refractivity contribution in [2.75, 3.05) is 74.5 Å². The van der Waals surface area contributed by atoms with Crippen LogP contribution in [0.1, 0.15) is 12.8 Å². The van der Waals surface area contributed by atoms with Gasteiger partial charge in [-0.3, -0.25) is 4.90 Å². The minimum atomic E-state index is 0.0857. The number of aromatic hydroxyl groups is 1. The van der Waals surface area contributed by atoms with Crippen LogP contribution < -0.4 is 25.6 Å². The number of rotatable bonds is 7. The molecule has 3 heterocycles. The number of nitrogens with zero attached hydrogens (tertiary/aromatic N) is 5. The van der Waals surface area contributed by atoms with Crippen molar-refractivity contribution in [1.29, 1.82) is 0 Å². The van der Waals surface area contributed by atoms with E-state index in [0.717, 1.165) is 76.6 Å². The third kappa shape index (κ3) is 5.01. The molecule has 0 atom stereocenters. The zero-order chi connectivity index (χ0) is 25.2. The molecule has 37 heavy (non-hydrogen) atoms. The van der Waals surface area contributed by atoms with Gasteiger partial charge in [0.1, 0.15) is 18.1 Å². The number of para-hydroxylation sites is 1. The molecule has 1 aliphatic carbocycles. The van der Waals surface area contributed by atoms with Crippen LogP contribution in [0.15, 0.2) is 54.6 Å². The van der Waals surface area contributed by atoms with Crippen molar-refractivity contribution in [3.05, 3.63) is 54.6 Å². The smallest absolute Gasteiger partial charge is 0.169 e. The number of benzene rings is 2. The van der Waals surface area contributed by atoms with E-state index in [1.165, 1.54) is 5.69 Å². The minimum Gasteiger partial charge on any atom is -0.507 e. The fraction of sp³-hybridized carbons (Fsp3) is 0.429. The molecule has 2 aliphatic heterocycles. The lowest BCUT2D eigenvalue weighted by molar-refractivity contribution is 0.191. The third-order valence-corrected chi connectivity index (χ3v) is 7.82. The molecule has 3 aromatic rings. The summed E-state index contributed by atoms with van der Waals surface area (Å²) >= 11 is 0. The van der Waals surface area contributed by atoms with Crippen LogP contribution in [0.2, 0.25) is 0 Å². The largest absolute Gasteiger partial charge is 0.507 e. The summed E-state index contributed by atoms with van der Waals surface area (Å²) in [6.45, 7) is 8.53. The van der Waals surface area contributed by atoms with Crippen LogP contribution in [0, 0.1) is 0 Å². The molecule has 0 unspecified atom stereocenters. The zero-order valence-corrected chi connectivity index (χ0v) is 21.1. The van der Waals surface area contributed by atoms with Gasteiger partial charge in [-0.25, -0.2) is 0 Å². The molecule has 0 bridgehead atoms. The van der Waals surface area contributed by atoms with E-state index in [0.29, 0.717) is 23.7 Å². The number of anilines is 3. The van der Waals surface area contributed by atoms with Gasteiger partial charge in [0.25, 0.3) is 0 Å². The van der Waals surface area contributed by atoms with Crippen molar-refractivity contribution in [2.45, 2.75) is 18.4 Å². The van der Waals surface area contributed by atoms with Crippen LogP contribution in [0.25, 0.3) is 11.3 Å². The summed E-state index contributed by atoms with van der Waals surface area (Å²) in [6.07, 6.45) is 2.28. The summed E-state index contributed by atoms with van der Waals surface area (Å²) in [6, 6.07) is 17.7. The van der Waals surface area contributed by atoms with Crippen molar-refractivity contribution in [1.82, 2.24) is 20.4 Å². The molecule has 3 aliphatic rings. The third-order valence-electron chi connectivity index (χ3n) is 7.82. The molecular formula is C28H35N7O2. The standard InChI is InChI=1S/C28H35N7O2/c29-27-25(19-24(31-32-27)23-6-1-2-7-26(23)36)34-14-15-35(28(20-34)8-9-28)21-4-3-5-22(18-21)37-17-16-33-12-10-30-11-13-33/h1-7,18-19,30,36H,8-17,20H2,(H2,29,32). The number of aromatic nitrogens is 2. The second kappa shape index (κ2) is 10.1. The van der Waals surface area contributed by atoms with Gasteiger partial charge in [0.2, 0.25) is 0 Å². The lowest BCUT2D eigenvalue weighted by Crippen LogP contribution is -2.55. The first kappa shape index (κ1) is 23.8. The summed E-state index contributed by atoms with van der Waals surface area (Å²) in [4.78, 5) is 7.31. The summed E-state index contributed by atoms with van der Waals surface area (Å²) in [5.74, 6) is 1.54. The van der Waals surface area contributed by atoms with E-state index in [4.69, 9.17) is 10.5 Å². The number of nitrogen functional groups attached to an aromatic ring is 1. The highest BCUT2D eigenvalue weighted by Gasteiger charge is 2.51. The van der Waals surface area contributed by atoms with Crippen LogP contribution in [-0.2, 0) is 0 Å². The van der Waals surface area contributed by atoms with E-state index >= 15 is 0 Å². The highest BCUT2D eigenvalue weighted by atomic mass is 16.5. The molecule has 9 heteroatoms. The lowest BCUT2D eigenvalue weighted by Gasteiger charge is -2.44. The predicted molar refractivity (Wildman–Crippen MR) is 146 cm³/mol. The van der Waals surface area contributed by atoms with Crippen molar-refractivity contribution >= 4 is 17.2 Å². The Morgan fingerprint density at radius 2 is 1.81 bits per heavy atom. The topological polar surface area (TPSA) is 103 Å². The number of phenols is 1. The monoisotopic (exact) mass is 501 g/mol. The molecule has 9 nitrogen and oxygen atoms in total. The van der Waals surface area contributed by atoms with Crippen molar-refractivity contribution in [3.63, 3.8) is 0 Å². The average molecular weight is 502 g/mol. The van der Waals surface area contributed by atoms with Gasteiger partial charge in [-0.15, -0.1) is 10.2 Å². The van der Waals surface area contributed by atoms with Crippen LogP contribution >= 0.6 is 0 Å². The first-order chi connectivity index (χ1) is 18.1. The second-order valence-electron chi connectivity index (χ2n) is 10.3. The fourth-order valence-corrected chi connectivity index (χ4v) is 5.59. The van der Waals surface area contributed by atoms with Gasteiger partial charge in [0.05, 0.1) is 16.9 Å². The summed E-state index contributed by atoms with van der Waals surface area (Å²) < 4.78 is 6.15. The molecule has 2 aromatic carbocycles. The van der Waals surface area contributed by atoms with Crippen molar-refractivity contribution in [2.24, 2.45) is 0 Å². The number of ether oxygens (including phenoxy) is 1. The molecule has 6 rings (SSSR count). The van der Waals surface area contributed by atoms with E-state index in [-0.39, 0.29) is 11.3 Å². The molecule has 0 amide bonds. The van der Waals surface area contributed by atoms with Gasteiger partial charge in [0.15, 0.2) is 5.82 Å². The van der Waals surface area contributed by atoms with Crippen molar-refractivity contribution < 1.29 is 9.84 Å². The van der Waals surface area contributed by atoms with Gasteiger partial charge in [-0.05, 0) is 43.2 Å². The summed E-state index contributed by atoms with van der Waals surface area (Å²) in [5, 5.41) is 22.2. The first-order valence-electron chi connectivity index (χ1n) is 13.2. The number of phenolic OH excluding ortho intramolecular Hbond substituents is 1. The molecule has 3 fully saturated rings. The molecule has 1 aromatic heterocycles. The average Bonchev–Trinajstić information content (AvgIpc) is 3.69. The van der Waals surface area contributed by atoms with Crippen LogP contribution in [0.5, 0.6) is 11.5 Å². The Bertz CT molecular complexity index is 1240. The number of nitrogens with one attached hydrogen (secondary N) is 1. The Balaban J connectivity index is 1.15. The van der Waals surface area contributed by atoms with Gasteiger partial charge < -0.3 is 30.7 Å². The quantitative estimate of drug-likeness (QED) is 0.451. The molecule has 1 spiro atoms. The summed E-state index contributed by atoms with van der Waals surface area (Å²) in [5.41, 5.74) is 9.76. The van der Waals surface area contributed by atoms with Gasteiger partial charge in [0, 0.05) is 69.7 Å². The molecule has 0 radical (unpaired) electrons. The van der Waals surface area contributed by atoms with E-state index in [2.05, 4.69) is 54.5 Å². The Hall–Kier alpha value is -3.56. The first-order valence-corrected chi connectivity index (χ1v) is 13.2. The number of hydrogen-bond donors (Lipinski definition) is 3. The zero-order valence-electron chi connectivity index (χ0n) is 21.1. The fourth-order valence-electron chi connectivity index (χ4n) is 5.59. The number of nitrogens with two attached hydrogens (primary N) is 1. The molecule has 1 saturated carbocycles. The highest BCUT2D eigenvalue weighted by Crippen LogP contribution is 2.48. The lowest BCUT2D eigenvalue weighted by atomic mass is 10.1. The summed E-state index contributed by atoms with van der Waals surface area (Å²) in [7, 11) is 0. The number of piperazine rings is 2. The molecule has 2 saturated heterocycles. The minimum absolute atomic E-state index is 0.0857. The van der Waals surface area contributed by atoms with E-state index in [1.807, 2.05) is 18.2 Å². The highest BCUT2D eigenvalue weighted by molar-refractivity contribution is 5.74. The second-order valence-corrected chi connectivity index (χ2v) is 10.3. The predicted octanol–water partition coefficient (Wildman–Crippen LogP) is 2.57. The Morgan fingerprint density at radius 1 is 0.973 bits per heavy atom. The molecular weight excluding hydrogens is 466 g/mol. The molecule has 4 N–H and O–H groups in total. The Kier molecular flexibility index (Phi) is 6.48. The van der Waals surface area contributed by atoms with Crippen LogP contribution in [0.3, 0.4) is 0 Å². The van der Waals surface area contributed by atoms with Gasteiger partial charge in [-0.2, -0.15) is 0 Å². The van der Waals surface area contributed by atoms with Gasteiger partial charge >= 0.3 is 0 Å². The Labute approximate surface area is 217 Å². The van der Waals surface area contributed by atoms with E-state index in [9.17, 15) is 5.11 Å². The van der Waals surface area contributed by atoms with Gasteiger partial charge in [-0.1, -0.05) is 18.2 Å². The maximum atomic E-state index is 10.3. The van der Waals surface area contributed by atoms with E-state index in [1.54, 1.807) is 12.1 Å². The maximum Gasteiger partial charge on any atom is 0.169 e. The van der Waals surface area contributed by atoms with Crippen molar-refractivity contribution in [3.8, 4) is 22.8 Å². The normalized spacial score (nSPS) is 19.2. The number of hydrogen-bond acceptors (Lipinski definition) is 9. The Morgan fingerprint density at radius 3 is 2.62 bits per heavy atom. The SMILES string of the molecule is Nc1nnc(-c2ccccc2O)cc1N1CCN(c2cccc(OCCN3CCNCC3)c2)C2(CC2)C1. The van der Waals surface area contributed by atoms with Crippen LogP contribution in [0.4, 0.5) is 17.2 Å². The van der Waals surface area contributed by atoms with E-state index < -0.39 is 0 Å². The molecule has 194 valence electrons. The van der Waals surface area contributed by atoms with Crippen LogP contribution in [-0.4, -0.2) is 84.7 Å². The maximum absolute atomic E-state index is 10.3.